The molecule has 2 heterocycles. The van der Waals surface area contributed by atoms with E-state index in [1.807, 2.05) is 30.3 Å². The van der Waals surface area contributed by atoms with Gasteiger partial charge < -0.3 is 10.1 Å². The highest BCUT2D eigenvalue weighted by molar-refractivity contribution is 5.97. The van der Waals surface area contributed by atoms with Crippen LogP contribution in [-0.4, -0.2) is 48.6 Å². The van der Waals surface area contributed by atoms with E-state index >= 15 is 0 Å². The fraction of sp³-hybridized carbons (Fsp3) is 0.467. The first-order valence-electron chi connectivity index (χ1n) is 6.94. The molecule has 1 N–H and O–H groups in total. The monoisotopic (exact) mass is 310 g/mol. The van der Waals surface area contributed by atoms with Gasteiger partial charge in [-0.25, -0.2) is 4.79 Å². The molecular formula is C15H19ClN2O3. The Kier molecular flexibility index (Phi) is 4.85. The van der Waals surface area contributed by atoms with Crippen LogP contribution in [0.15, 0.2) is 30.3 Å². The number of ketones is 1. The lowest BCUT2D eigenvalue weighted by atomic mass is 9.91. The van der Waals surface area contributed by atoms with E-state index in [1.165, 1.54) is 0 Å². The summed E-state index contributed by atoms with van der Waals surface area (Å²) in [6.07, 6.45) is 1.25. The number of piperidine rings is 1. The summed E-state index contributed by atoms with van der Waals surface area (Å²) < 4.78 is 5.37. The summed E-state index contributed by atoms with van der Waals surface area (Å²) in [6.45, 7) is 2.59. The van der Waals surface area contributed by atoms with Gasteiger partial charge >= 0.3 is 6.09 Å². The number of nitrogens with one attached hydrogen (secondary N) is 1. The Morgan fingerprint density at radius 3 is 2.48 bits per heavy atom. The lowest BCUT2D eigenvalue weighted by Crippen LogP contribution is -2.47. The first-order chi connectivity index (χ1) is 9.67. The molecule has 0 bridgehead atoms. The number of nitrogens with zero attached hydrogens (tertiary/aromatic N) is 1. The number of likely N-dealkylation sites (tertiary alicyclic amines) is 1. The zero-order valence-corrected chi connectivity index (χ0v) is 12.5. The molecule has 6 heteroatoms. The number of rotatable bonds is 3. The molecule has 0 aromatic heterocycles. The van der Waals surface area contributed by atoms with E-state index in [1.54, 1.807) is 0 Å². The molecule has 0 aliphatic carbocycles. The zero-order chi connectivity index (χ0) is 14.0. The standard InChI is InChI=1S/C15H18N2O3.ClH/c18-13(12-4-2-1-3-5-12)10-17-8-6-15(7-9-17)11-16-14(19)20-15;/h1-5H,6-11H2,(H,16,19);1H. The van der Waals surface area contributed by atoms with E-state index in [2.05, 4.69) is 10.2 Å². The maximum atomic E-state index is 12.1. The Bertz CT molecular complexity index is 513. The first-order valence-corrected chi connectivity index (χ1v) is 6.94. The highest BCUT2D eigenvalue weighted by Gasteiger charge is 2.42. The van der Waals surface area contributed by atoms with Crippen LogP contribution in [0.5, 0.6) is 0 Å². The molecule has 2 aliphatic heterocycles. The van der Waals surface area contributed by atoms with E-state index in [4.69, 9.17) is 4.74 Å². The summed E-state index contributed by atoms with van der Waals surface area (Å²) in [5.74, 6) is 0.142. The van der Waals surface area contributed by atoms with Crippen molar-refractivity contribution in [2.75, 3.05) is 26.2 Å². The molecule has 3 rings (SSSR count). The van der Waals surface area contributed by atoms with Crippen molar-refractivity contribution in [3.05, 3.63) is 35.9 Å². The average molecular weight is 311 g/mol. The number of carbonyl (C=O) groups is 2. The zero-order valence-electron chi connectivity index (χ0n) is 11.7. The minimum atomic E-state index is -0.344. The van der Waals surface area contributed by atoms with Crippen LogP contribution < -0.4 is 5.32 Å². The smallest absolute Gasteiger partial charge is 0.407 e. The van der Waals surface area contributed by atoms with Gasteiger partial charge in [-0.2, -0.15) is 0 Å². The fourth-order valence-electron chi connectivity index (χ4n) is 2.82. The van der Waals surface area contributed by atoms with Crippen LogP contribution in [0.2, 0.25) is 0 Å². The van der Waals surface area contributed by atoms with Crippen LogP contribution in [0, 0.1) is 0 Å². The third kappa shape index (κ3) is 3.54. The fourth-order valence-corrected chi connectivity index (χ4v) is 2.82. The number of amides is 1. The Balaban J connectivity index is 0.00000161. The highest BCUT2D eigenvalue weighted by Crippen LogP contribution is 2.29. The van der Waals surface area contributed by atoms with Gasteiger partial charge in [0.05, 0.1) is 13.1 Å². The molecule has 2 aliphatic rings. The first kappa shape index (κ1) is 15.8. The number of carbonyl (C=O) groups excluding carboxylic acids is 2. The number of hydrogen-bond donors (Lipinski definition) is 1. The van der Waals surface area contributed by atoms with Crippen LogP contribution in [0.25, 0.3) is 0 Å². The minimum Gasteiger partial charge on any atom is -0.441 e. The molecule has 0 unspecified atom stereocenters. The molecule has 0 saturated carbocycles. The van der Waals surface area contributed by atoms with Crippen molar-refractivity contribution in [2.45, 2.75) is 18.4 Å². The van der Waals surface area contributed by atoms with Gasteiger partial charge in [0, 0.05) is 31.5 Å². The summed E-state index contributed by atoms with van der Waals surface area (Å²) in [4.78, 5) is 25.4. The third-order valence-corrected chi connectivity index (χ3v) is 4.09. The lowest BCUT2D eigenvalue weighted by Gasteiger charge is -2.36. The second-order valence-corrected chi connectivity index (χ2v) is 5.49. The van der Waals surface area contributed by atoms with E-state index in [0.29, 0.717) is 13.1 Å². The van der Waals surface area contributed by atoms with E-state index < -0.39 is 0 Å². The number of Topliss-reactive ketones (excluding diaryl/α,β-unsaturated/α-hetero) is 1. The van der Waals surface area contributed by atoms with Crippen molar-refractivity contribution in [3.63, 3.8) is 0 Å². The molecule has 1 aromatic carbocycles. The topological polar surface area (TPSA) is 58.6 Å². The second kappa shape index (κ2) is 6.45. The van der Waals surface area contributed by atoms with Crippen LogP contribution in [0.4, 0.5) is 4.79 Å². The average Bonchev–Trinajstić information content (AvgIpc) is 2.84. The van der Waals surface area contributed by atoms with Crippen molar-refractivity contribution >= 4 is 24.3 Å². The van der Waals surface area contributed by atoms with Crippen molar-refractivity contribution in [1.82, 2.24) is 10.2 Å². The number of alkyl carbamates (subject to hydrolysis) is 1. The van der Waals surface area contributed by atoms with Crippen LogP contribution in [0.1, 0.15) is 23.2 Å². The summed E-state index contributed by atoms with van der Waals surface area (Å²) in [5, 5.41) is 2.71. The quantitative estimate of drug-likeness (QED) is 0.866. The van der Waals surface area contributed by atoms with E-state index in [0.717, 1.165) is 31.5 Å². The molecule has 5 nitrogen and oxygen atoms in total. The highest BCUT2D eigenvalue weighted by atomic mass is 35.5. The Morgan fingerprint density at radius 1 is 1.24 bits per heavy atom. The maximum absolute atomic E-state index is 12.1. The van der Waals surface area contributed by atoms with Crippen LogP contribution in [0.3, 0.4) is 0 Å². The third-order valence-electron chi connectivity index (χ3n) is 4.09. The Hall–Kier alpha value is -1.59. The Labute approximate surface area is 130 Å². The second-order valence-electron chi connectivity index (χ2n) is 5.49. The van der Waals surface area contributed by atoms with Gasteiger partial charge in [-0.05, 0) is 0 Å². The van der Waals surface area contributed by atoms with Crippen molar-refractivity contribution in [3.8, 4) is 0 Å². The van der Waals surface area contributed by atoms with E-state index in [-0.39, 0.29) is 29.9 Å². The van der Waals surface area contributed by atoms with Crippen molar-refractivity contribution < 1.29 is 14.3 Å². The molecule has 21 heavy (non-hydrogen) atoms. The number of halogens is 1. The van der Waals surface area contributed by atoms with Gasteiger partial charge in [0.25, 0.3) is 0 Å². The molecule has 1 aromatic rings. The normalized spacial score (nSPS) is 20.5. The number of ether oxygens (including phenoxy) is 1. The molecule has 0 atom stereocenters. The maximum Gasteiger partial charge on any atom is 0.407 e. The molecule has 2 fully saturated rings. The Morgan fingerprint density at radius 2 is 1.90 bits per heavy atom. The summed E-state index contributed by atoms with van der Waals surface area (Å²) >= 11 is 0. The van der Waals surface area contributed by atoms with Gasteiger partial charge in [-0.3, -0.25) is 9.69 Å². The number of benzene rings is 1. The lowest BCUT2D eigenvalue weighted by molar-refractivity contribution is 0.00172. The van der Waals surface area contributed by atoms with Crippen molar-refractivity contribution in [1.29, 1.82) is 0 Å². The van der Waals surface area contributed by atoms with E-state index in [9.17, 15) is 9.59 Å². The summed E-state index contributed by atoms with van der Waals surface area (Å²) in [6, 6.07) is 9.35. The molecule has 1 spiro atoms. The minimum absolute atomic E-state index is 0. The predicted octanol–water partition coefficient (Wildman–Crippen LogP) is 1.87. The van der Waals surface area contributed by atoms with Gasteiger partial charge in [0.15, 0.2) is 5.78 Å². The summed E-state index contributed by atoms with van der Waals surface area (Å²) in [5.41, 5.74) is 0.408. The number of hydrogen-bond acceptors (Lipinski definition) is 4. The summed E-state index contributed by atoms with van der Waals surface area (Å²) in [7, 11) is 0. The predicted molar refractivity (Wildman–Crippen MR) is 80.9 cm³/mol. The van der Waals surface area contributed by atoms with Gasteiger partial charge in [0.1, 0.15) is 5.60 Å². The molecular weight excluding hydrogens is 292 g/mol. The van der Waals surface area contributed by atoms with Crippen LogP contribution in [-0.2, 0) is 4.74 Å². The van der Waals surface area contributed by atoms with Crippen LogP contribution >= 0.6 is 12.4 Å². The largest absolute Gasteiger partial charge is 0.441 e. The molecule has 2 saturated heterocycles. The van der Waals surface area contributed by atoms with Crippen molar-refractivity contribution in [2.24, 2.45) is 0 Å². The molecule has 0 radical (unpaired) electrons. The van der Waals surface area contributed by atoms with Gasteiger partial charge in [-0.1, -0.05) is 30.3 Å². The molecule has 114 valence electrons. The SMILES string of the molecule is Cl.O=C1NCC2(CCN(CC(=O)c3ccccc3)CC2)O1. The van der Waals surface area contributed by atoms with Gasteiger partial charge in [0.2, 0.25) is 0 Å². The van der Waals surface area contributed by atoms with Gasteiger partial charge in [-0.15, -0.1) is 12.4 Å². The molecule has 1 amide bonds.